The molecule has 0 aliphatic carbocycles. The van der Waals surface area contributed by atoms with Crippen molar-refractivity contribution in [1.29, 1.82) is 5.26 Å². The van der Waals surface area contributed by atoms with Crippen LogP contribution in [0.25, 0.3) is 0 Å². The molecule has 2 aromatic heterocycles. The molecule has 2 rings (SSSR count). The Kier molecular flexibility index (Phi) is 3.34. The van der Waals surface area contributed by atoms with E-state index in [0.29, 0.717) is 23.6 Å². The highest BCUT2D eigenvalue weighted by Gasteiger charge is 2.10. The van der Waals surface area contributed by atoms with E-state index in [1.54, 1.807) is 6.92 Å². The quantitative estimate of drug-likeness (QED) is 0.847. The van der Waals surface area contributed by atoms with Crippen molar-refractivity contribution < 1.29 is 0 Å². The van der Waals surface area contributed by atoms with Gasteiger partial charge < -0.3 is 11.1 Å². The molecule has 0 spiro atoms. The van der Waals surface area contributed by atoms with Gasteiger partial charge >= 0.3 is 0 Å². The molecule has 0 saturated heterocycles. The summed E-state index contributed by atoms with van der Waals surface area (Å²) >= 11 is 1.49. The average Bonchev–Trinajstić information content (AvgIpc) is 2.72. The summed E-state index contributed by atoms with van der Waals surface area (Å²) in [5, 5.41) is 21.7. The maximum Gasteiger partial charge on any atom is 0.222 e. The van der Waals surface area contributed by atoms with Crippen molar-refractivity contribution in [3.05, 3.63) is 21.3 Å². The highest BCUT2D eigenvalue weighted by atomic mass is 32.1. The summed E-state index contributed by atoms with van der Waals surface area (Å²) in [5.74, 6) is 0.567. The molecule has 7 nitrogen and oxygen atoms in total. The van der Waals surface area contributed by atoms with Gasteiger partial charge in [0.2, 0.25) is 5.95 Å². The van der Waals surface area contributed by atoms with Gasteiger partial charge in [-0.1, -0.05) is 11.3 Å². The topological polar surface area (TPSA) is 113 Å². The van der Waals surface area contributed by atoms with E-state index in [1.807, 2.05) is 6.92 Å². The minimum absolute atomic E-state index is 0.141. The Bertz CT molecular complexity index is 613. The molecule has 0 amide bonds. The van der Waals surface area contributed by atoms with Gasteiger partial charge in [0.05, 0.1) is 12.2 Å². The first-order chi connectivity index (χ1) is 8.60. The third kappa shape index (κ3) is 2.52. The van der Waals surface area contributed by atoms with Crippen LogP contribution < -0.4 is 11.1 Å². The van der Waals surface area contributed by atoms with Crippen LogP contribution in [0.4, 0.5) is 11.8 Å². The van der Waals surface area contributed by atoms with Crippen molar-refractivity contribution in [2.24, 2.45) is 0 Å². The van der Waals surface area contributed by atoms with Gasteiger partial charge in [0.25, 0.3) is 0 Å². The Labute approximate surface area is 108 Å². The number of nitrogens with two attached hydrogens (primary N) is 1. The van der Waals surface area contributed by atoms with Crippen molar-refractivity contribution >= 4 is 23.1 Å². The summed E-state index contributed by atoms with van der Waals surface area (Å²) in [7, 11) is 0. The molecule has 0 fully saturated rings. The van der Waals surface area contributed by atoms with Crippen molar-refractivity contribution in [3.8, 4) is 6.07 Å². The second-order valence-electron chi connectivity index (χ2n) is 3.57. The van der Waals surface area contributed by atoms with E-state index >= 15 is 0 Å². The maximum atomic E-state index is 9.06. The van der Waals surface area contributed by atoms with Crippen molar-refractivity contribution in [1.82, 2.24) is 20.2 Å². The lowest BCUT2D eigenvalue weighted by Crippen LogP contribution is -2.08. The van der Waals surface area contributed by atoms with E-state index in [9.17, 15) is 0 Å². The number of nitrogens with zero attached hydrogens (tertiary/aromatic N) is 5. The van der Waals surface area contributed by atoms with Gasteiger partial charge in [-0.2, -0.15) is 10.2 Å². The van der Waals surface area contributed by atoms with Gasteiger partial charge in [-0.3, -0.25) is 0 Å². The van der Waals surface area contributed by atoms with Crippen LogP contribution in [0.3, 0.4) is 0 Å². The number of aryl methyl sites for hydroxylation is 2. The largest absolute Gasteiger partial charge is 0.368 e. The van der Waals surface area contributed by atoms with Crippen LogP contribution in [0, 0.1) is 25.2 Å². The standard InChI is InChI=1S/C10H11N7S/c1-5-7(3-11)9(15-10(12)14-5)13-4-8-17-16-6(2)18-8/h4H2,1-2H3,(H3,12,13,14,15). The van der Waals surface area contributed by atoms with E-state index in [2.05, 4.69) is 31.6 Å². The first-order valence-electron chi connectivity index (χ1n) is 5.17. The normalized spacial score (nSPS) is 10.1. The number of nitriles is 1. The van der Waals surface area contributed by atoms with Crippen LogP contribution in [0.15, 0.2) is 0 Å². The summed E-state index contributed by atoms with van der Waals surface area (Å²) in [5.41, 5.74) is 6.51. The number of hydrogen-bond donors (Lipinski definition) is 2. The highest BCUT2D eigenvalue weighted by Crippen LogP contribution is 2.17. The Balaban J connectivity index is 2.21. The minimum Gasteiger partial charge on any atom is -0.368 e. The van der Waals surface area contributed by atoms with Crippen LogP contribution in [-0.4, -0.2) is 20.2 Å². The number of aromatic nitrogens is 4. The molecule has 0 aliphatic heterocycles. The molecule has 92 valence electrons. The summed E-state index contributed by atoms with van der Waals surface area (Å²) in [6.07, 6.45) is 0. The van der Waals surface area contributed by atoms with Crippen LogP contribution >= 0.6 is 11.3 Å². The summed E-state index contributed by atoms with van der Waals surface area (Å²) in [6.45, 7) is 4.06. The molecule has 3 N–H and O–H groups in total. The molecule has 8 heteroatoms. The third-order valence-corrected chi connectivity index (χ3v) is 3.03. The minimum atomic E-state index is 0.141. The maximum absolute atomic E-state index is 9.06. The van der Waals surface area contributed by atoms with Gasteiger partial charge in [-0.05, 0) is 13.8 Å². The predicted octanol–water partition coefficient (Wildman–Crippen LogP) is 1.01. The fourth-order valence-electron chi connectivity index (χ4n) is 1.42. The van der Waals surface area contributed by atoms with Crippen LogP contribution in [0.2, 0.25) is 0 Å². The number of anilines is 2. The molecule has 0 radical (unpaired) electrons. The first-order valence-corrected chi connectivity index (χ1v) is 5.99. The molecule has 2 aromatic rings. The van der Waals surface area contributed by atoms with Gasteiger partial charge in [0, 0.05) is 0 Å². The number of nitrogens with one attached hydrogen (secondary N) is 1. The van der Waals surface area contributed by atoms with E-state index in [4.69, 9.17) is 11.0 Å². The number of nitrogen functional groups attached to an aromatic ring is 1. The Morgan fingerprint density at radius 1 is 1.33 bits per heavy atom. The molecular weight excluding hydrogens is 250 g/mol. The zero-order valence-electron chi connectivity index (χ0n) is 9.93. The fourth-order valence-corrected chi connectivity index (χ4v) is 2.07. The molecule has 0 saturated carbocycles. The summed E-state index contributed by atoms with van der Waals surface area (Å²) < 4.78 is 0. The van der Waals surface area contributed by atoms with Gasteiger partial charge in [0.1, 0.15) is 27.5 Å². The SMILES string of the molecule is Cc1nnc(CNc2nc(N)nc(C)c2C#N)s1. The molecular formula is C10H11N7S. The summed E-state index contributed by atoms with van der Waals surface area (Å²) in [6, 6.07) is 2.06. The molecule has 0 atom stereocenters. The predicted molar refractivity (Wildman–Crippen MR) is 67.9 cm³/mol. The van der Waals surface area contributed by atoms with Gasteiger partial charge in [-0.15, -0.1) is 10.2 Å². The second-order valence-corrected chi connectivity index (χ2v) is 4.84. The zero-order valence-corrected chi connectivity index (χ0v) is 10.7. The smallest absolute Gasteiger partial charge is 0.222 e. The number of hydrogen-bond acceptors (Lipinski definition) is 8. The van der Waals surface area contributed by atoms with E-state index < -0.39 is 0 Å². The van der Waals surface area contributed by atoms with Gasteiger partial charge in [0.15, 0.2) is 0 Å². The summed E-state index contributed by atoms with van der Waals surface area (Å²) in [4.78, 5) is 7.96. The third-order valence-electron chi connectivity index (χ3n) is 2.19. The van der Waals surface area contributed by atoms with Crippen LogP contribution in [0.5, 0.6) is 0 Å². The van der Waals surface area contributed by atoms with Gasteiger partial charge in [-0.25, -0.2) is 4.98 Å². The molecule has 0 unspecified atom stereocenters. The first kappa shape index (κ1) is 12.2. The average molecular weight is 261 g/mol. The van der Waals surface area contributed by atoms with E-state index in [0.717, 1.165) is 10.0 Å². The molecule has 0 aromatic carbocycles. The zero-order chi connectivity index (χ0) is 13.1. The molecule has 0 aliphatic rings. The second kappa shape index (κ2) is 4.93. The lowest BCUT2D eigenvalue weighted by atomic mass is 10.2. The molecule has 2 heterocycles. The Hall–Kier alpha value is -2.27. The lowest BCUT2D eigenvalue weighted by molar-refractivity contribution is 0.961. The number of rotatable bonds is 3. The lowest BCUT2D eigenvalue weighted by Gasteiger charge is -2.07. The van der Waals surface area contributed by atoms with E-state index in [1.165, 1.54) is 11.3 Å². The Morgan fingerprint density at radius 3 is 2.72 bits per heavy atom. The van der Waals surface area contributed by atoms with Crippen molar-refractivity contribution in [2.75, 3.05) is 11.1 Å². The fraction of sp³-hybridized carbons (Fsp3) is 0.300. The monoisotopic (exact) mass is 261 g/mol. The van der Waals surface area contributed by atoms with Crippen LogP contribution in [-0.2, 0) is 6.54 Å². The Morgan fingerprint density at radius 2 is 2.11 bits per heavy atom. The van der Waals surface area contributed by atoms with Crippen molar-refractivity contribution in [2.45, 2.75) is 20.4 Å². The van der Waals surface area contributed by atoms with E-state index in [-0.39, 0.29) is 5.95 Å². The molecule has 18 heavy (non-hydrogen) atoms. The van der Waals surface area contributed by atoms with Crippen LogP contribution in [0.1, 0.15) is 21.3 Å². The molecule has 0 bridgehead atoms. The highest BCUT2D eigenvalue weighted by molar-refractivity contribution is 7.11. The van der Waals surface area contributed by atoms with Crippen molar-refractivity contribution in [3.63, 3.8) is 0 Å².